The number of hydrogen-bond acceptors (Lipinski definition) is 5. The van der Waals surface area contributed by atoms with Crippen LogP contribution in [-0.2, 0) is 23.7 Å². The first-order valence-corrected chi connectivity index (χ1v) is 10.8. The van der Waals surface area contributed by atoms with E-state index >= 15 is 0 Å². The number of carbonyl (C=O) groups is 1. The van der Waals surface area contributed by atoms with Gasteiger partial charge in [-0.2, -0.15) is 0 Å². The topological polar surface area (TPSA) is 54.0 Å². The van der Waals surface area contributed by atoms with Crippen molar-refractivity contribution in [2.75, 3.05) is 19.8 Å². The standard InChI is InChI=1S/C22H34O5/c1-15-21(9-8-20(27-21)13-17(23)24-14-20)19(4)7-5-6-18(2,3)16(19)12-22(15)25-10-11-26-22/h15-16H,5-14H2,1-4H3/t15-,16-,19-,20-,21+/m0/s1. The van der Waals surface area contributed by atoms with Crippen molar-refractivity contribution in [2.24, 2.45) is 22.7 Å². The number of cyclic esters (lactones) is 1. The lowest BCUT2D eigenvalue weighted by atomic mass is 9.43. The van der Waals surface area contributed by atoms with E-state index in [1.54, 1.807) is 0 Å². The van der Waals surface area contributed by atoms with Crippen LogP contribution in [0.1, 0.15) is 72.6 Å². The number of hydrogen-bond donors (Lipinski definition) is 0. The molecule has 2 saturated carbocycles. The first kappa shape index (κ1) is 18.4. The highest BCUT2D eigenvalue weighted by atomic mass is 16.7. The summed E-state index contributed by atoms with van der Waals surface area (Å²) < 4.78 is 25.1. The van der Waals surface area contributed by atoms with Gasteiger partial charge in [0.25, 0.3) is 0 Å². The Bertz CT molecular complexity index is 653. The average Bonchev–Trinajstić information content (AvgIpc) is 3.31. The second-order valence-electron chi connectivity index (χ2n) is 10.8. The van der Waals surface area contributed by atoms with Crippen LogP contribution < -0.4 is 0 Å². The molecule has 5 aliphatic rings. The molecule has 0 aromatic heterocycles. The van der Waals surface area contributed by atoms with E-state index in [4.69, 9.17) is 18.9 Å². The Morgan fingerprint density at radius 1 is 1.00 bits per heavy atom. The summed E-state index contributed by atoms with van der Waals surface area (Å²) in [6, 6.07) is 0. The van der Waals surface area contributed by atoms with Crippen LogP contribution >= 0.6 is 0 Å². The molecule has 0 aromatic carbocycles. The molecule has 3 spiro atoms. The zero-order valence-electron chi connectivity index (χ0n) is 17.3. The maximum Gasteiger partial charge on any atom is 0.308 e. The average molecular weight is 379 g/mol. The van der Waals surface area contributed by atoms with E-state index in [2.05, 4.69) is 27.7 Å². The maximum atomic E-state index is 11.9. The second kappa shape index (κ2) is 5.48. The molecule has 2 aliphatic carbocycles. The summed E-state index contributed by atoms with van der Waals surface area (Å²) in [5, 5.41) is 0. The molecule has 5 nitrogen and oxygen atoms in total. The lowest BCUT2D eigenvalue weighted by molar-refractivity contribution is -0.339. The second-order valence-corrected chi connectivity index (χ2v) is 10.8. The third kappa shape index (κ3) is 2.25. The fourth-order valence-corrected chi connectivity index (χ4v) is 7.69. The van der Waals surface area contributed by atoms with Crippen LogP contribution in [0.5, 0.6) is 0 Å². The predicted molar refractivity (Wildman–Crippen MR) is 99.0 cm³/mol. The largest absolute Gasteiger partial charge is 0.463 e. The highest BCUT2D eigenvalue weighted by Gasteiger charge is 2.74. The van der Waals surface area contributed by atoms with Crippen molar-refractivity contribution < 1.29 is 23.7 Å². The summed E-state index contributed by atoms with van der Waals surface area (Å²) in [5.74, 6) is -0.0587. The molecule has 3 aliphatic heterocycles. The monoisotopic (exact) mass is 378 g/mol. The zero-order chi connectivity index (χ0) is 19.1. The minimum absolute atomic E-state index is 0.0594. The Morgan fingerprint density at radius 2 is 1.74 bits per heavy atom. The van der Waals surface area contributed by atoms with Crippen molar-refractivity contribution in [1.82, 2.24) is 0 Å². The summed E-state index contributed by atoms with van der Waals surface area (Å²) >= 11 is 0. The molecule has 0 bridgehead atoms. The number of rotatable bonds is 0. The number of fused-ring (bicyclic) bond motifs is 2. The van der Waals surface area contributed by atoms with E-state index in [0.717, 1.165) is 19.3 Å². The van der Waals surface area contributed by atoms with Gasteiger partial charge in [-0.1, -0.05) is 34.1 Å². The molecular formula is C22H34O5. The Labute approximate surface area is 162 Å². The number of carbonyl (C=O) groups excluding carboxylic acids is 1. The summed E-state index contributed by atoms with van der Waals surface area (Å²) in [7, 11) is 0. The molecule has 5 heteroatoms. The van der Waals surface area contributed by atoms with Crippen molar-refractivity contribution in [3.8, 4) is 0 Å². The minimum atomic E-state index is -0.548. The fraction of sp³-hybridized carbons (Fsp3) is 0.955. The predicted octanol–water partition coefficient (Wildman–Crippen LogP) is 3.84. The quantitative estimate of drug-likeness (QED) is 0.600. The van der Waals surface area contributed by atoms with Gasteiger partial charge in [-0.3, -0.25) is 4.79 Å². The molecule has 5 atom stereocenters. The number of ether oxygens (including phenoxy) is 4. The van der Waals surface area contributed by atoms with Crippen molar-refractivity contribution in [2.45, 2.75) is 89.6 Å². The number of esters is 1. The van der Waals surface area contributed by atoms with Gasteiger partial charge in [-0.05, 0) is 37.0 Å². The summed E-state index contributed by atoms with van der Waals surface area (Å²) in [6.07, 6.45) is 6.83. The molecule has 5 rings (SSSR count). The van der Waals surface area contributed by atoms with Gasteiger partial charge in [-0.15, -0.1) is 0 Å². The van der Waals surface area contributed by atoms with Crippen molar-refractivity contribution in [3.05, 3.63) is 0 Å². The first-order chi connectivity index (χ1) is 12.7. The Hall–Kier alpha value is -0.650. The van der Waals surface area contributed by atoms with Crippen LogP contribution in [-0.4, -0.2) is 42.8 Å². The van der Waals surface area contributed by atoms with E-state index < -0.39 is 11.4 Å². The van der Waals surface area contributed by atoms with E-state index in [-0.39, 0.29) is 28.3 Å². The highest BCUT2D eigenvalue weighted by molar-refractivity contribution is 5.73. The Morgan fingerprint density at radius 3 is 2.41 bits per heavy atom. The maximum absolute atomic E-state index is 11.9. The van der Waals surface area contributed by atoms with Crippen LogP contribution in [0.3, 0.4) is 0 Å². The van der Waals surface area contributed by atoms with Crippen molar-refractivity contribution in [1.29, 1.82) is 0 Å². The van der Waals surface area contributed by atoms with Crippen LogP contribution in [0.4, 0.5) is 0 Å². The molecule has 3 heterocycles. The molecular weight excluding hydrogens is 344 g/mol. The molecule has 0 amide bonds. The molecule has 152 valence electrons. The third-order valence-corrected chi connectivity index (χ3v) is 9.13. The van der Waals surface area contributed by atoms with Crippen LogP contribution in [0.2, 0.25) is 0 Å². The van der Waals surface area contributed by atoms with Gasteiger partial charge in [0.15, 0.2) is 5.79 Å². The fourth-order valence-electron chi connectivity index (χ4n) is 7.69. The third-order valence-electron chi connectivity index (χ3n) is 9.13. The Kier molecular flexibility index (Phi) is 3.73. The van der Waals surface area contributed by atoms with E-state index in [1.165, 1.54) is 19.3 Å². The van der Waals surface area contributed by atoms with Crippen molar-refractivity contribution >= 4 is 5.97 Å². The molecule has 5 fully saturated rings. The van der Waals surface area contributed by atoms with Gasteiger partial charge in [0, 0.05) is 17.8 Å². The normalized spacial score (nSPS) is 50.4. The smallest absolute Gasteiger partial charge is 0.308 e. The Balaban J connectivity index is 1.62. The minimum Gasteiger partial charge on any atom is -0.463 e. The van der Waals surface area contributed by atoms with Gasteiger partial charge in [0.1, 0.15) is 12.2 Å². The van der Waals surface area contributed by atoms with Gasteiger partial charge in [0.2, 0.25) is 0 Å². The van der Waals surface area contributed by atoms with Crippen LogP contribution in [0.25, 0.3) is 0 Å². The van der Waals surface area contributed by atoms with Gasteiger partial charge in [-0.25, -0.2) is 0 Å². The first-order valence-electron chi connectivity index (χ1n) is 10.8. The SMILES string of the molecule is C[C@@H]1C2(C[C@H]3C(C)(C)CCC[C@]3(C)[C@@]13CC[C@]1(COC(=O)C1)O3)OCCO2. The molecule has 3 saturated heterocycles. The summed E-state index contributed by atoms with van der Waals surface area (Å²) in [4.78, 5) is 11.9. The molecule has 0 aromatic rings. The molecule has 0 unspecified atom stereocenters. The zero-order valence-corrected chi connectivity index (χ0v) is 17.3. The van der Waals surface area contributed by atoms with Crippen LogP contribution in [0.15, 0.2) is 0 Å². The molecule has 0 radical (unpaired) electrons. The van der Waals surface area contributed by atoms with E-state index in [9.17, 15) is 4.79 Å². The van der Waals surface area contributed by atoms with Crippen LogP contribution in [0, 0.1) is 22.7 Å². The van der Waals surface area contributed by atoms with Gasteiger partial charge < -0.3 is 18.9 Å². The molecule has 27 heavy (non-hydrogen) atoms. The summed E-state index contributed by atoms with van der Waals surface area (Å²) in [6.45, 7) is 11.3. The van der Waals surface area contributed by atoms with E-state index in [1.807, 2.05) is 0 Å². The van der Waals surface area contributed by atoms with Gasteiger partial charge >= 0.3 is 5.97 Å². The lowest BCUT2D eigenvalue weighted by Gasteiger charge is -2.67. The molecule has 0 N–H and O–H groups in total. The summed E-state index contributed by atoms with van der Waals surface area (Å²) in [5.41, 5.74) is -0.489. The van der Waals surface area contributed by atoms with E-state index in [0.29, 0.717) is 32.2 Å². The lowest BCUT2D eigenvalue weighted by Crippen LogP contribution is -2.70. The van der Waals surface area contributed by atoms with Crippen molar-refractivity contribution in [3.63, 3.8) is 0 Å². The van der Waals surface area contributed by atoms with Gasteiger partial charge in [0.05, 0.1) is 25.2 Å². The highest BCUT2D eigenvalue weighted by Crippen LogP contribution is 2.70.